The molecule has 0 N–H and O–H groups in total. The molecule has 8 heteroatoms. The van der Waals surface area contributed by atoms with Crippen molar-refractivity contribution >= 4 is 17.4 Å². The molecular formula is C23H27ClFN5O. The van der Waals surface area contributed by atoms with Crippen LogP contribution >= 0.6 is 11.6 Å². The lowest BCUT2D eigenvalue weighted by atomic mass is 9.93. The van der Waals surface area contributed by atoms with Crippen LogP contribution in [-0.2, 0) is 4.74 Å². The normalized spacial score (nSPS) is 15.8. The summed E-state index contributed by atoms with van der Waals surface area (Å²) in [4.78, 5) is 11.1. The molecule has 0 spiro atoms. The monoisotopic (exact) mass is 443 g/mol. The maximum atomic E-state index is 15.1. The van der Waals surface area contributed by atoms with E-state index in [1.807, 2.05) is 41.9 Å². The van der Waals surface area contributed by atoms with Crippen molar-refractivity contribution in [3.63, 3.8) is 0 Å². The van der Waals surface area contributed by atoms with Crippen LogP contribution in [-0.4, -0.2) is 47.1 Å². The number of pyridine rings is 1. The molecule has 164 valence electrons. The van der Waals surface area contributed by atoms with E-state index < -0.39 is 5.82 Å². The lowest BCUT2D eigenvalue weighted by Gasteiger charge is -2.28. The molecule has 1 saturated heterocycles. The van der Waals surface area contributed by atoms with Crippen LogP contribution in [0.2, 0.25) is 5.02 Å². The number of aryl methyl sites for hydroxylation is 1. The van der Waals surface area contributed by atoms with E-state index in [0.717, 1.165) is 37.4 Å². The Labute approximate surface area is 187 Å². The molecule has 1 aliphatic heterocycles. The van der Waals surface area contributed by atoms with Crippen LogP contribution in [0.25, 0.3) is 22.8 Å². The van der Waals surface area contributed by atoms with E-state index in [1.165, 1.54) is 0 Å². The van der Waals surface area contributed by atoms with Crippen LogP contribution in [0.3, 0.4) is 0 Å². The van der Waals surface area contributed by atoms with Gasteiger partial charge in [-0.05, 0) is 56.4 Å². The minimum Gasteiger partial charge on any atom is -0.381 e. The first-order valence-electron chi connectivity index (χ1n) is 10.5. The molecular weight excluding hydrogens is 417 g/mol. The Bertz CT molecular complexity index is 1060. The minimum atomic E-state index is -0.470. The van der Waals surface area contributed by atoms with Crippen LogP contribution in [0.15, 0.2) is 30.5 Å². The van der Waals surface area contributed by atoms with Gasteiger partial charge in [-0.15, -0.1) is 0 Å². The maximum absolute atomic E-state index is 15.1. The summed E-state index contributed by atoms with van der Waals surface area (Å²) in [7, 11) is 3.87. The van der Waals surface area contributed by atoms with E-state index in [0.29, 0.717) is 28.7 Å². The zero-order chi connectivity index (χ0) is 22.1. The van der Waals surface area contributed by atoms with Crippen LogP contribution in [0.5, 0.6) is 0 Å². The number of benzene rings is 1. The molecule has 1 atom stereocenters. The first kappa shape index (κ1) is 21.7. The highest BCUT2D eigenvalue weighted by Gasteiger charge is 2.28. The van der Waals surface area contributed by atoms with Gasteiger partial charge in [0.1, 0.15) is 5.82 Å². The first-order chi connectivity index (χ1) is 14.9. The van der Waals surface area contributed by atoms with Gasteiger partial charge in [0.15, 0.2) is 17.5 Å². The van der Waals surface area contributed by atoms with Gasteiger partial charge in [-0.2, -0.15) is 5.10 Å². The highest BCUT2D eigenvalue weighted by molar-refractivity contribution is 6.31. The molecule has 1 unspecified atom stereocenters. The van der Waals surface area contributed by atoms with Crippen LogP contribution in [0.4, 0.5) is 10.2 Å². The predicted octanol–water partition coefficient (Wildman–Crippen LogP) is 5.16. The Morgan fingerprint density at radius 3 is 2.58 bits per heavy atom. The molecule has 0 saturated carbocycles. The van der Waals surface area contributed by atoms with E-state index in [4.69, 9.17) is 26.4 Å². The van der Waals surface area contributed by atoms with Crippen LogP contribution < -0.4 is 4.90 Å². The number of aromatic nitrogens is 4. The lowest BCUT2D eigenvalue weighted by Crippen LogP contribution is -2.25. The molecule has 4 rings (SSSR count). The molecule has 1 fully saturated rings. The molecule has 0 radical (unpaired) electrons. The van der Waals surface area contributed by atoms with Gasteiger partial charge in [-0.3, -0.25) is 0 Å². The van der Waals surface area contributed by atoms with Crippen molar-refractivity contribution in [2.75, 3.05) is 32.2 Å². The van der Waals surface area contributed by atoms with E-state index in [9.17, 15) is 0 Å². The summed E-state index contributed by atoms with van der Waals surface area (Å²) in [5.74, 6) is 1.74. The van der Waals surface area contributed by atoms with Crippen molar-refractivity contribution in [2.45, 2.75) is 32.7 Å². The molecule has 3 heterocycles. The minimum absolute atomic E-state index is 0.0358. The third-order valence-corrected chi connectivity index (χ3v) is 6.41. The Morgan fingerprint density at radius 2 is 1.94 bits per heavy atom. The number of anilines is 1. The molecule has 3 aromatic rings. The van der Waals surface area contributed by atoms with Crippen molar-refractivity contribution in [3.05, 3.63) is 46.9 Å². The van der Waals surface area contributed by atoms with Crippen molar-refractivity contribution < 1.29 is 9.13 Å². The van der Waals surface area contributed by atoms with Gasteiger partial charge in [-0.25, -0.2) is 19.0 Å². The summed E-state index contributed by atoms with van der Waals surface area (Å²) in [6.07, 6.45) is 3.62. The highest BCUT2D eigenvalue weighted by Crippen LogP contribution is 2.35. The summed E-state index contributed by atoms with van der Waals surface area (Å²) in [5, 5.41) is 4.92. The molecule has 0 aliphatic carbocycles. The second-order valence-electron chi connectivity index (χ2n) is 8.25. The average Bonchev–Trinajstić information content (AvgIpc) is 3.23. The van der Waals surface area contributed by atoms with Gasteiger partial charge in [0.05, 0.1) is 16.6 Å². The predicted molar refractivity (Wildman–Crippen MR) is 121 cm³/mol. The number of hydrogen-bond acceptors (Lipinski definition) is 5. The number of nitrogens with zero attached hydrogens (tertiary/aromatic N) is 5. The van der Waals surface area contributed by atoms with Gasteiger partial charge in [0.2, 0.25) is 0 Å². The second-order valence-corrected chi connectivity index (χ2v) is 8.63. The van der Waals surface area contributed by atoms with Crippen LogP contribution in [0.1, 0.15) is 31.4 Å². The molecule has 2 aromatic heterocycles. The SMILES string of the molecule is Cc1ccc(-c2nc(-c3ccc(N(C)C)nc3)nn2C(C)C2CCOCC2)c(F)c1Cl. The summed E-state index contributed by atoms with van der Waals surface area (Å²) >= 11 is 6.22. The van der Waals surface area contributed by atoms with Crippen LogP contribution in [0, 0.1) is 18.7 Å². The largest absolute Gasteiger partial charge is 0.381 e. The third kappa shape index (κ3) is 4.29. The molecule has 31 heavy (non-hydrogen) atoms. The fourth-order valence-corrected chi connectivity index (χ4v) is 4.08. The lowest BCUT2D eigenvalue weighted by molar-refractivity contribution is 0.0498. The summed E-state index contributed by atoms with van der Waals surface area (Å²) in [6, 6.07) is 7.43. The summed E-state index contributed by atoms with van der Waals surface area (Å²) in [5.41, 5.74) is 1.82. The smallest absolute Gasteiger partial charge is 0.183 e. The zero-order valence-corrected chi connectivity index (χ0v) is 19.0. The van der Waals surface area contributed by atoms with Crippen molar-refractivity contribution in [1.29, 1.82) is 0 Å². The zero-order valence-electron chi connectivity index (χ0n) is 18.3. The maximum Gasteiger partial charge on any atom is 0.183 e. The number of hydrogen-bond donors (Lipinski definition) is 0. The van der Waals surface area contributed by atoms with E-state index in [2.05, 4.69) is 11.9 Å². The standard InChI is InChI=1S/C23H27ClFN5O/c1-14-5-7-18(21(25)20(14)24)23-27-22(17-6-8-19(26-13-17)29(3)4)28-30(23)15(2)16-9-11-31-12-10-16/h5-8,13,15-16H,9-12H2,1-4H3. The Balaban J connectivity index is 1.81. The quantitative estimate of drug-likeness (QED) is 0.545. The van der Waals surface area contributed by atoms with E-state index in [-0.39, 0.29) is 11.1 Å². The highest BCUT2D eigenvalue weighted by atomic mass is 35.5. The molecule has 1 aliphatic rings. The van der Waals surface area contributed by atoms with Crippen molar-refractivity contribution in [3.8, 4) is 22.8 Å². The number of rotatable bonds is 5. The molecule has 1 aromatic carbocycles. The average molecular weight is 444 g/mol. The second kappa shape index (κ2) is 8.93. The Morgan fingerprint density at radius 1 is 1.19 bits per heavy atom. The van der Waals surface area contributed by atoms with Gasteiger partial charge >= 0.3 is 0 Å². The summed E-state index contributed by atoms with van der Waals surface area (Å²) in [6.45, 7) is 5.35. The fraction of sp³-hybridized carbons (Fsp3) is 0.435. The van der Waals surface area contributed by atoms with Crippen molar-refractivity contribution in [1.82, 2.24) is 19.7 Å². The molecule has 0 bridgehead atoms. The fourth-order valence-electron chi connectivity index (χ4n) is 3.91. The number of halogens is 2. The topological polar surface area (TPSA) is 56.1 Å². The Hall–Kier alpha value is -2.51. The van der Waals surface area contributed by atoms with Gasteiger partial charge in [0.25, 0.3) is 0 Å². The van der Waals surface area contributed by atoms with Crippen molar-refractivity contribution in [2.24, 2.45) is 5.92 Å². The van der Waals surface area contributed by atoms with E-state index >= 15 is 4.39 Å². The number of ether oxygens (including phenoxy) is 1. The molecule has 0 amide bonds. The third-order valence-electron chi connectivity index (χ3n) is 5.95. The van der Waals surface area contributed by atoms with E-state index in [1.54, 1.807) is 19.2 Å². The van der Waals surface area contributed by atoms with Gasteiger partial charge < -0.3 is 9.64 Å². The Kier molecular flexibility index (Phi) is 6.25. The van der Waals surface area contributed by atoms with Gasteiger partial charge in [-0.1, -0.05) is 17.7 Å². The summed E-state index contributed by atoms with van der Waals surface area (Å²) < 4.78 is 22.5. The van der Waals surface area contributed by atoms with Gasteiger partial charge in [0, 0.05) is 39.1 Å². The first-order valence-corrected chi connectivity index (χ1v) is 10.9. The molecule has 6 nitrogen and oxygen atoms in total.